The van der Waals surface area contributed by atoms with Crippen molar-refractivity contribution in [3.8, 4) is 11.5 Å². The van der Waals surface area contributed by atoms with Crippen LogP contribution in [-0.4, -0.2) is 39.4 Å². The number of rotatable bonds is 8. The number of hydrogen-bond donors (Lipinski definition) is 1. The quantitative estimate of drug-likeness (QED) is 0.471. The molecule has 0 unspecified atom stereocenters. The second-order valence-corrected chi connectivity index (χ2v) is 10.2. The van der Waals surface area contributed by atoms with Gasteiger partial charge in [0, 0.05) is 18.8 Å². The third kappa shape index (κ3) is 6.33. The average molecular weight is 495 g/mol. The van der Waals surface area contributed by atoms with E-state index in [1.54, 1.807) is 29.2 Å². The molecule has 1 fully saturated rings. The summed E-state index contributed by atoms with van der Waals surface area (Å²) in [5.74, 6) is 0.783. The number of sulfonamides is 1. The molecule has 3 aromatic rings. The van der Waals surface area contributed by atoms with Gasteiger partial charge in [-0.25, -0.2) is 8.42 Å². The SMILES string of the molecule is COc1ccc(S(=O)(=O)Nc2ccc(OCc3ccccc3)cc2)cc1C(=O)N1CCCCCC1. The maximum Gasteiger partial charge on any atom is 0.261 e. The third-order valence-electron chi connectivity index (χ3n) is 5.96. The molecule has 35 heavy (non-hydrogen) atoms. The summed E-state index contributed by atoms with van der Waals surface area (Å²) in [6, 6.07) is 20.9. The lowest BCUT2D eigenvalue weighted by atomic mass is 10.1. The lowest BCUT2D eigenvalue weighted by Gasteiger charge is -2.22. The van der Waals surface area contributed by atoms with Crippen LogP contribution < -0.4 is 14.2 Å². The smallest absolute Gasteiger partial charge is 0.261 e. The summed E-state index contributed by atoms with van der Waals surface area (Å²) in [4.78, 5) is 15.0. The first-order valence-electron chi connectivity index (χ1n) is 11.7. The number of carbonyl (C=O) groups is 1. The van der Waals surface area contributed by atoms with Crippen LogP contribution in [0.5, 0.6) is 11.5 Å². The number of ether oxygens (including phenoxy) is 2. The molecule has 1 aliphatic rings. The molecule has 7 nitrogen and oxygen atoms in total. The summed E-state index contributed by atoms with van der Waals surface area (Å²) in [6.45, 7) is 1.75. The first kappa shape index (κ1) is 24.6. The molecule has 0 atom stereocenters. The number of carbonyl (C=O) groups excluding carboxylic acids is 1. The van der Waals surface area contributed by atoms with Crippen LogP contribution in [0, 0.1) is 0 Å². The van der Waals surface area contributed by atoms with Crippen LogP contribution in [0.3, 0.4) is 0 Å². The van der Waals surface area contributed by atoms with E-state index in [1.165, 1.54) is 25.3 Å². The number of anilines is 1. The van der Waals surface area contributed by atoms with Crippen molar-refractivity contribution in [1.29, 1.82) is 0 Å². The molecule has 0 radical (unpaired) electrons. The summed E-state index contributed by atoms with van der Waals surface area (Å²) < 4.78 is 39.9. The Morgan fingerprint density at radius 1 is 0.914 bits per heavy atom. The summed E-state index contributed by atoms with van der Waals surface area (Å²) in [6.07, 6.45) is 4.07. The van der Waals surface area contributed by atoms with Gasteiger partial charge in [0.05, 0.1) is 17.6 Å². The van der Waals surface area contributed by atoms with E-state index in [4.69, 9.17) is 9.47 Å². The Hall–Kier alpha value is -3.52. The molecule has 1 amide bonds. The highest BCUT2D eigenvalue weighted by Gasteiger charge is 2.24. The second kappa shape index (κ2) is 11.3. The third-order valence-corrected chi connectivity index (χ3v) is 7.34. The lowest BCUT2D eigenvalue weighted by molar-refractivity contribution is 0.0758. The highest BCUT2D eigenvalue weighted by atomic mass is 32.2. The number of likely N-dealkylation sites (tertiary alicyclic amines) is 1. The van der Waals surface area contributed by atoms with Gasteiger partial charge in [0.25, 0.3) is 15.9 Å². The fourth-order valence-electron chi connectivity index (χ4n) is 4.04. The van der Waals surface area contributed by atoms with Gasteiger partial charge in [-0.2, -0.15) is 0 Å². The number of methoxy groups -OCH3 is 1. The zero-order chi connectivity index (χ0) is 24.7. The molecule has 0 saturated carbocycles. The molecule has 1 aliphatic heterocycles. The highest BCUT2D eigenvalue weighted by molar-refractivity contribution is 7.92. The number of nitrogens with zero attached hydrogens (tertiary/aromatic N) is 1. The van der Waals surface area contributed by atoms with Crippen molar-refractivity contribution in [2.75, 3.05) is 24.9 Å². The molecule has 0 bridgehead atoms. The van der Waals surface area contributed by atoms with Crippen molar-refractivity contribution in [3.63, 3.8) is 0 Å². The van der Waals surface area contributed by atoms with Crippen LogP contribution in [0.25, 0.3) is 0 Å². The lowest BCUT2D eigenvalue weighted by Crippen LogP contribution is -2.32. The van der Waals surface area contributed by atoms with Gasteiger partial charge in [-0.15, -0.1) is 0 Å². The van der Waals surface area contributed by atoms with E-state index in [1.807, 2.05) is 30.3 Å². The normalized spacial score (nSPS) is 14.1. The minimum atomic E-state index is -3.92. The van der Waals surface area contributed by atoms with Crippen molar-refractivity contribution in [2.45, 2.75) is 37.2 Å². The van der Waals surface area contributed by atoms with Gasteiger partial charge in [0.1, 0.15) is 18.1 Å². The Balaban J connectivity index is 1.48. The molecule has 0 aliphatic carbocycles. The molecule has 8 heteroatoms. The summed E-state index contributed by atoms with van der Waals surface area (Å²) in [5.41, 5.74) is 1.69. The van der Waals surface area contributed by atoms with Crippen LogP contribution >= 0.6 is 0 Å². The fourth-order valence-corrected chi connectivity index (χ4v) is 5.12. The summed E-state index contributed by atoms with van der Waals surface area (Å²) in [7, 11) is -2.44. The predicted molar refractivity (Wildman–Crippen MR) is 135 cm³/mol. The highest BCUT2D eigenvalue weighted by Crippen LogP contribution is 2.27. The zero-order valence-electron chi connectivity index (χ0n) is 19.8. The van der Waals surface area contributed by atoms with Crippen LogP contribution in [0.1, 0.15) is 41.6 Å². The molecular formula is C27H30N2O5S. The topological polar surface area (TPSA) is 84.9 Å². The molecule has 184 valence electrons. The molecule has 1 N–H and O–H groups in total. The van der Waals surface area contributed by atoms with Crippen molar-refractivity contribution >= 4 is 21.6 Å². The minimum absolute atomic E-state index is 0.000811. The van der Waals surface area contributed by atoms with Crippen molar-refractivity contribution in [1.82, 2.24) is 4.90 Å². The molecule has 4 rings (SSSR count). The second-order valence-electron chi connectivity index (χ2n) is 8.47. The first-order chi connectivity index (χ1) is 17.0. The Morgan fingerprint density at radius 3 is 2.26 bits per heavy atom. The van der Waals surface area contributed by atoms with E-state index in [0.29, 0.717) is 36.9 Å². The van der Waals surface area contributed by atoms with E-state index in [9.17, 15) is 13.2 Å². The fraction of sp³-hybridized carbons (Fsp3) is 0.296. The maximum absolute atomic E-state index is 13.2. The summed E-state index contributed by atoms with van der Waals surface area (Å²) >= 11 is 0. The number of amides is 1. The average Bonchev–Trinajstić information content (AvgIpc) is 3.18. The van der Waals surface area contributed by atoms with Crippen LogP contribution in [0.4, 0.5) is 5.69 Å². The molecule has 1 saturated heterocycles. The monoisotopic (exact) mass is 494 g/mol. The van der Waals surface area contributed by atoms with Gasteiger partial charge in [0.2, 0.25) is 0 Å². The van der Waals surface area contributed by atoms with E-state index in [2.05, 4.69) is 4.72 Å². The van der Waals surface area contributed by atoms with Crippen molar-refractivity contribution < 1.29 is 22.7 Å². The summed E-state index contributed by atoms with van der Waals surface area (Å²) in [5, 5.41) is 0. The largest absolute Gasteiger partial charge is 0.496 e. The van der Waals surface area contributed by atoms with Gasteiger partial charge in [-0.1, -0.05) is 43.2 Å². The van der Waals surface area contributed by atoms with Gasteiger partial charge in [-0.05, 0) is 60.9 Å². The standard InChI is InChI=1S/C27H30N2O5S/c1-33-26-16-15-24(19-25(26)27(30)29-17-7-2-3-8-18-29)35(31,32)28-22-11-13-23(14-12-22)34-20-21-9-5-4-6-10-21/h4-6,9-16,19,28H,2-3,7-8,17-18,20H2,1H3. The molecular weight excluding hydrogens is 464 g/mol. The van der Waals surface area contributed by atoms with Gasteiger partial charge >= 0.3 is 0 Å². The Morgan fingerprint density at radius 2 is 1.60 bits per heavy atom. The van der Waals surface area contributed by atoms with Crippen molar-refractivity contribution in [2.24, 2.45) is 0 Å². The van der Waals surface area contributed by atoms with Crippen LogP contribution in [-0.2, 0) is 16.6 Å². The number of benzene rings is 3. The van der Waals surface area contributed by atoms with Gasteiger partial charge < -0.3 is 14.4 Å². The first-order valence-corrected chi connectivity index (χ1v) is 13.2. The minimum Gasteiger partial charge on any atom is -0.496 e. The van der Waals surface area contributed by atoms with Crippen LogP contribution in [0.2, 0.25) is 0 Å². The Labute approximate surface area is 206 Å². The number of hydrogen-bond acceptors (Lipinski definition) is 5. The van der Waals surface area contributed by atoms with E-state index in [0.717, 1.165) is 31.2 Å². The Bertz CT molecular complexity index is 1240. The van der Waals surface area contributed by atoms with E-state index in [-0.39, 0.29) is 16.4 Å². The van der Waals surface area contributed by atoms with Gasteiger partial charge in [0.15, 0.2) is 0 Å². The Kier molecular flexibility index (Phi) is 7.92. The van der Waals surface area contributed by atoms with E-state index >= 15 is 0 Å². The molecule has 0 aromatic heterocycles. The van der Waals surface area contributed by atoms with E-state index < -0.39 is 10.0 Å². The molecule has 0 spiro atoms. The zero-order valence-corrected chi connectivity index (χ0v) is 20.6. The van der Waals surface area contributed by atoms with Crippen molar-refractivity contribution in [3.05, 3.63) is 83.9 Å². The number of nitrogens with one attached hydrogen (secondary N) is 1. The predicted octanol–water partition coefficient (Wildman–Crippen LogP) is 5.09. The molecule has 1 heterocycles. The van der Waals surface area contributed by atoms with Gasteiger partial charge in [-0.3, -0.25) is 9.52 Å². The molecule has 3 aromatic carbocycles. The maximum atomic E-state index is 13.2. The van der Waals surface area contributed by atoms with Crippen LogP contribution in [0.15, 0.2) is 77.7 Å².